The first-order chi connectivity index (χ1) is 9.60. The Bertz CT molecular complexity index is 634. The Morgan fingerprint density at radius 1 is 1.35 bits per heavy atom. The number of pyridine rings is 1. The van der Waals surface area contributed by atoms with Gasteiger partial charge in [0.15, 0.2) is 0 Å². The van der Waals surface area contributed by atoms with Crippen molar-refractivity contribution in [1.82, 2.24) is 4.98 Å². The van der Waals surface area contributed by atoms with Crippen LogP contribution in [-0.4, -0.2) is 17.1 Å². The lowest BCUT2D eigenvalue weighted by atomic mass is 10.2. The number of rotatable bonds is 5. The van der Waals surface area contributed by atoms with Crippen molar-refractivity contribution in [2.24, 2.45) is 5.73 Å². The zero-order chi connectivity index (χ0) is 14.5. The van der Waals surface area contributed by atoms with Crippen LogP contribution in [-0.2, 0) is 6.61 Å². The number of methoxy groups -OCH3 is 1. The van der Waals surface area contributed by atoms with Crippen molar-refractivity contribution < 1.29 is 9.47 Å². The molecule has 2 aromatic rings. The van der Waals surface area contributed by atoms with Gasteiger partial charge >= 0.3 is 0 Å². The summed E-state index contributed by atoms with van der Waals surface area (Å²) < 4.78 is 10.7. The topological polar surface area (TPSA) is 57.4 Å². The van der Waals surface area contributed by atoms with Gasteiger partial charge in [0.05, 0.1) is 17.8 Å². The fraction of sp³-hybridized carbons (Fsp3) is 0.143. The van der Waals surface area contributed by atoms with Gasteiger partial charge < -0.3 is 15.2 Å². The third kappa shape index (κ3) is 3.59. The molecule has 0 bridgehead atoms. The second kappa shape index (κ2) is 6.54. The molecule has 1 aromatic carbocycles. The lowest BCUT2D eigenvalue weighted by Crippen LogP contribution is -2.09. The molecular weight excluding hydrogens is 296 g/mol. The Morgan fingerprint density at radius 2 is 2.15 bits per heavy atom. The van der Waals surface area contributed by atoms with Crippen LogP contribution in [0.25, 0.3) is 0 Å². The first kappa shape index (κ1) is 14.6. The van der Waals surface area contributed by atoms with Crippen molar-refractivity contribution in [2.75, 3.05) is 7.11 Å². The molecule has 0 fully saturated rings. The first-order valence-corrected chi connectivity index (χ1v) is 6.61. The van der Waals surface area contributed by atoms with Crippen LogP contribution in [0, 0.1) is 0 Å². The van der Waals surface area contributed by atoms with Crippen molar-refractivity contribution in [3.63, 3.8) is 0 Å². The van der Waals surface area contributed by atoms with E-state index < -0.39 is 0 Å². The summed E-state index contributed by atoms with van der Waals surface area (Å²) in [4.78, 5) is 4.55. The average Bonchev–Trinajstić information content (AvgIpc) is 2.46. The molecule has 0 aliphatic carbocycles. The normalized spacial score (nSPS) is 10.1. The minimum atomic E-state index is 0.295. The SMILES string of the molecule is COc1cccc(COc2ccc(C(N)=S)cc2Cl)n1. The van der Waals surface area contributed by atoms with Crippen LogP contribution in [0.5, 0.6) is 11.6 Å². The molecule has 0 saturated heterocycles. The molecule has 0 unspecified atom stereocenters. The molecule has 0 amide bonds. The van der Waals surface area contributed by atoms with E-state index in [4.69, 9.17) is 39.0 Å². The Balaban J connectivity index is 2.08. The second-order valence-electron chi connectivity index (χ2n) is 3.97. The first-order valence-electron chi connectivity index (χ1n) is 5.82. The third-order valence-corrected chi connectivity index (χ3v) is 3.11. The molecule has 0 atom stereocenters. The zero-order valence-corrected chi connectivity index (χ0v) is 12.4. The van der Waals surface area contributed by atoms with Gasteiger partial charge in [-0.25, -0.2) is 4.98 Å². The van der Waals surface area contributed by atoms with E-state index in [1.165, 1.54) is 0 Å². The van der Waals surface area contributed by atoms with Crippen LogP contribution < -0.4 is 15.2 Å². The molecule has 0 radical (unpaired) electrons. The van der Waals surface area contributed by atoms with E-state index >= 15 is 0 Å². The molecule has 20 heavy (non-hydrogen) atoms. The highest BCUT2D eigenvalue weighted by molar-refractivity contribution is 7.80. The van der Waals surface area contributed by atoms with Crippen LogP contribution in [0.1, 0.15) is 11.3 Å². The van der Waals surface area contributed by atoms with Gasteiger partial charge in [0.25, 0.3) is 0 Å². The predicted octanol–water partition coefficient (Wildman–Crippen LogP) is 2.96. The van der Waals surface area contributed by atoms with E-state index in [1.807, 2.05) is 12.1 Å². The molecule has 0 aliphatic rings. The van der Waals surface area contributed by atoms with Crippen LogP contribution in [0.4, 0.5) is 0 Å². The second-order valence-corrected chi connectivity index (χ2v) is 4.82. The number of aromatic nitrogens is 1. The fourth-order valence-corrected chi connectivity index (χ4v) is 1.94. The summed E-state index contributed by atoms with van der Waals surface area (Å²) in [5.74, 6) is 1.09. The summed E-state index contributed by atoms with van der Waals surface area (Å²) in [6, 6.07) is 10.6. The molecule has 1 heterocycles. The molecule has 6 heteroatoms. The molecule has 2 rings (SSSR count). The zero-order valence-electron chi connectivity index (χ0n) is 10.8. The van der Waals surface area contributed by atoms with E-state index in [2.05, 4.69) is 4.98 Å². The van der Waals surface area contributed by atoms with Gasteiger partial charge in [0.2, 0.25) is 5.88 Å². The monoisotopic (exact) mass is 308 g/mol. The lowest BCUT2D eigenvalue weighted by Gasteiger charge is -2.09. The van der Waals surface area contributed by atoms with Crippen molar-refractivity contribution in [3.8, 4) is 11.6 Å². The number of hydrogen-bond acceptors (Lipinski definition) is 4. The number of nitrogens with zero attached hydrogens (tertiary/aromatic N) is 1. The lowest BCUT2D eigenvalue weighted by molar-refractivity contribution is 0.298. The number of thiocarbonyl (C=S) groups is 1. The van der Waals surface area contributed by atoms with Gasteiger partial charge in [-0.05, 0) is 24.3 Å². The molecule has 1 aromatic heterocycles. The van der Waals surface area contributed by atoms with Gasteiger partial charge in [0, 0.05) is 11.6 Å². The van der Waals surface area contributed by atoms with Crippen molar-refractivity contribution in [1.29, 1.82) is 0 Å². The Kier molecular flexibility index (Phi) is 4.76. The van der Waals surface area contributed by atoms with Gasteiger partial charge in [0.1, 0.15) is 17.3 Å². The highest BCUT2D eigenvalue weighted by Crippen LogP contribution is 2.26. The standard InChI is InChI=1S/C14H13ClN2O2S/c1-18-13-4-2-3-10(17-13)8-19-12-6-5-9(14(16)20)7-11(12)15/h2-7H,8H2,1H3,(H2,16,20). The van der Waals surface area contributed by atoms with Gasteiger partial charge in [-0.15, -0.1) is 0 Å². The van der Waals surface area contributed by atoms with E-state index in [-0.39, 0.29) is 0 Å². The molecule has 104 valence electrons. The molecule has 4 nitrogen and oxygen atoms in total. The maximum Gasteiger partial charge on any atom is 0.213 e. The molecular formula is C14H13ClN2O2S. The predicted molar refractivity (Wildman–Crippen MR) is 82.5 cm³/mol. The Morgan fingerprint density at radius 3 is 2.80 bits per heavy atom. The molecule has 0 aliphatic heterocycles. The summed E-state index contributed by atoms with van der Waals surface area (Å²) in [5, 5.41) is 0.457. The number of ether oxygens (including phenoxy) is 2. The summed E-state index contributed by atoms with van der Waals surface area (Å²) in [5.41, 5.74) is 6.99. The van der Waals surface area contributed by atoms with Gasteiger partial charge in [-0.1, -0.05) is 29.9 Å². The van der Waals surface area contributed by atoms with Crippen LogP contribution in [0.15, 0.2) is 36.4 Å². The van der Waals surface area contributed by atoms with E-state index in [9.17, 15) is 0 Å². The average molecular weight is 309 g/mol. The van der Waals surface area contributed by atoms with Crippen LogP contribution in [0.2, 0.25) is 5.02 Å². The number of hydrogen-bond donors (Lipinski definition) is 1. The van der Waals surface area contributed by atoms with E-state index in [1.54, 1.807) is 31.4 Å². The third-order valence-electron chi connectivity index (χ3n) is 2.58. The summed E-state index contributed by atoms with van der Waals surface area (Å²) in [6.45, 7) is 0.295. The summed E-state index contributed by atoms with van der Waals surface area (Å²) in [7, 11) is 1.57. The largest absolute Gasteiger partial charge is 0.486 e. The number of halogens is 1. The number of nitrogens with two attached hydrogens (primary N) is 1. The van der Waals surface area contributed by atoms with Gasteiger partial charge in [-0.2, -0.15) is 0 Å². The van der Waals surface area contributed by atoms with Crippen molar-refractivity contribution in [2.45, 2.75) is 6.61 Å². The smallest absolute Gasteiger partial charge is 0.213 e. The van der Waals surface area contributed by atoms with E-state index in [0.29, 0.717) is 33.8 Å². The maximum absolute atomic E-state index is 6.11. The summed E-state index contributed by atoms with van der Waals surface area (Å²) in [6.07, 6.45) is 0. The summed E-state index contributed by atoms with van der Waals surface area (Å²) >= 11 is 11.0. The minimum Gasteiger partial charge on any atom is -0.486 e. The Labute approximate surface area is 127 Å². The molecule has 0 spiro atoms. The van der Waals surface area contributed by atoms with Crippen LogP contribution in [0.3, 0.4) is 0 Å². The molecule has 0 saturated carbocycles. The highest BCUT2D eigenvalue weighted by atomic mass is 35.5. The fourth-order valence-electron chi connectivity index (χ4n) is 1.57. The minimum absolute atomic E-state index is 0.295. The molecule has 2 N–H and O–H groups in total. The van der Waals surface area contributed by atoms with Crippen molar-refractivity contribution >= 4 is 28.8 Å². The Hall–Kier alpha value is -1.85. The van der Waals surface area contributed by atoms with E-state index in [0.717, 1.165) is 5.69 Å². The highest BCUT2D eigenvalue weighted by Gasteiger charge is 2.06. The van der Waals surface area contributed by atoms with Crippen LogP contribution >= 0.6 is 23.8 Å². The quantitative estimate of drug-likeness (QED) is 0.861. The van der Waals surface area contributed by atoms with Gasteiger partial charge in [-0.3, -0.25) is 0 Å². The number of benzene rings is 1. The van der Waals surface area contributed by atoms with Crippen molar-refractivity contribution in [3.05, 3.63) is 52.7 Å². The maximum atomic E-state index is 6.11.